The van der Waals surface area contributed by atoms with Gasteiger partial charge in [-0.1, -0.05) is 0 Å². The highest BCUT2D eigenvalue weighted by molar-refractivity contribution is 5.55. The second kappa shape index (κ2) is 9.29. The summed E-state index contributed by atoms with van der Waals surface area (Å²) in [5.41, 5.74) is -0.196. The topological polar surface area (TPSA) is 66.0 Å². The number of rotatable bonds is 8. The Bertz CT molecular complexity index is 804. The maximum absolute atomic E-state index is 12.9. The highest BCUT2D eigenvalue weighted by Crippen LogP contribution is 2.31. The fourth-order valence-electron chi connectivity index (χ4n) is 3.10. The van der Waals surface area contributed by atoms with Gasteiger partial charge >= 0.3 is 6.18 Å². The number of nitrogens with zero attached hydrogens (tertiary/aromatic N) is 4. The maximum Gasteiger partial charge on any atom is 0.416 e. The van der Waals surface area contributed by atoms with E-state index in [2.05, 4.69) is 25.6 Å². The zero-order valence-corrected chi connectivity index (χ0v) is 15.5. The minimum Gasteiger partial charge on any atom is -0.336 e. The van der Waals surface area contributed by atoms with Crippen LogP contribution in [0.25, 0.3) is 0 Å². The molecule has 0 amide bonds. The lowest BCUT2D eigenvalue weighted by atomic mass is 10.0. The smallest absolute Gasteiger partial charge is 0.336 e. The Morgan fingerprint density at radius 1 is 1.10 bits per heavy atom. The largest absolute Gasteiger partial charge is 0.416 e. The van der Waals surface area contributed by atoms with Crippen molar-refractivity contribution in [2.75, 3.05) is 49.7 Å². The van der Waals surface area contributed by atoms with Crippen molar-refractivity contribution in [1.29, 1.82) is 0 Å². The molecule has 2 aromatic heterocycles. The molecule has 2 aromatic rings. The predicted octanol–water partition coefficient (Wildman–Crippen LogP) is 3.46. The summed E-state index contributed by atoms with van der Waals surface area (Å²) < 4.78 is 64.6. The van der Waals surface area contributed by atoms with Crippen LogP contribution in [-0.4, -0.2) is 54.5 Å². The summed E-state index contributed by atoms with van der Waals surface area (Å²) >= 11 is 0. The molecule has 1 aliphatic rings. The number of aromatic nitrogens is 3. The summed E-state index contributed by atoms with van der Waals surface area (Å²) in [6, 6.07) is 3.38. The lowest BCUT2D eigenvalue weighted by Crippen LogP contribution is -2.30. The van der Waals surface area contributed by atoms with Gasteiger partial charge in [-0.05, 0) is 25.1 Å². The molecule has 3 heterocycles. The lowest BCUT2D eigenvalue weighted by Gasteiger charge is -2.22. The lowest BCUT2D eigenvalue weighted by molar-refractivity contribution is -0.137. The van der Waals surface area contributed by atoms with Gasteiger partial charge in [0.15, 0.2) is 0 Å². The average Bonchev–Trinajstić information content (AvgIpc) is 3.22. The first kappa shape index (κ1) is 21.2. The molecule has 0 bridgehead atoms. The maximum atomic E-state index is 12.9. The van der Waals surface area contributed by atoms with Gasteiger partial charge in [0.1, 0.15) is 25.0 Å². The van der Waals surface area contributed by atoms with Crippen molar-refractivity contribution in [1.82, 2.24) is 20.3 Å². The quantitative estimate of drug-likeness (QED) is 0.643. The second-order valence-electron chi connectivity index (χ2n) is 6.59. The first-order valence-corrected chi connectivity index (χ1v) is 9.17. The Morgan fingerprint density at radius 3 is 2.48 bits per heavy atom. The number of hydrogen-bond acceptors (Lipinski definition) is 6. The van der Waals surface area contributed by atoms with E-state index in [1.165, 1.54) is 4.90 Å². The Morgan fingerprint density at radius 2 is 1.86 bits per heavy atom. The third kappa shape index (κ3) is 5.49. The number of nitrogens with one attached hydrogen (secondary N) is 2. The van der Waals surface area contributed by atoms with Crippen LogP contribution in [0.1, 0.15) is 23.6 Å². The summed E-state index contributed by atoms with van der Waals surface area (Å²) in [6.45, 7) is -0.105. The van der Waals surface area contributed by atoms with Crippen molar-refractivity contribution < 1.29 is 22.0 Å². The van der Waals surface area contributed by atoms with Crippen molar-refractivity contribution in [3.63, 3.8) is 0 Å². The Labute approximate surface area is 164 Å². The fourth-order valence-corrected chi connectivity index (χ4v) is 3.10. The number of alkyl halides is 5. The molecule has 3 rings (SSSR count). The molecule has 1 fully saturated rings. The van der Waals surface area contributed by atoms with Crippen molar-refractivity contribution in [2.45, 2.75) is 18.5 Å². The summed E-state index contributed by atoms with van der Waals surface area (Å²) in [5, 5.41) is 5.97. The SMILES string of the molecule is FCCN(CCF)c1nc(Nc2cc(C(F)(F)F)ccn2)cc(C2CCNC2)n1. The van der Waals surface area contributed by atoms with E-state index in [0.29, 0.717) is 12.2 Å². The molecular weight excluding hydrogens is 395 g/mol. The average molecular weight is 416 g/mol. The van der Waals surface area contributed by atoms with Crippen molar-refractivity contribution in [3.05, 3.63) is 35.7 Å². The van der Waals surface area contributed by atoms with E-state index < -0.39 is 25.1 Å². The van der Waals surface area contributed by atoms with Crippen LogP contribution in [0, 0.1) is 0 Å². The summed E-state index contributed by atoms with van der Waals surface area (Å²) in [7, 11) is 0. The van der Waals surface area contributed by atoms with Gasteiger partial charge in [-0.3, -0.25) is 0 Å². The molecule has 1 aliphatic heterocycles. The number of pyridine rings is 1. The van der Waals surface area contributed by atoms with E-state index in [9.17, 15) is 22.0 Å². The molecule has 158 valence electrons. The Balaban J connectivity index is 1.94. The highest BCUT2D eigenvalue weighted by atomic mass is 19.4. The number of halogens is 5. The third-order valence-electron chi connectivity index (χ3n) is 4.55. The zero-order chi connectivity index (χ0) is 20.9. The molecule has 11 heteroatoms. The van der Waals surface area contributed by atoms with Crippen LogP contribution in [0.2, 0.25) is 0 Å². The fraction of sp³-hybridized carbons (Fsp3) is 0.500. The van der Waals surface area contributed by atoms with E-state index >= 15 is 0 Å². The highest BCUT2D eigenvalue weighted by Gasteiger charge is 2.31. The van der Waals surface area contributed by atoms with Crippen LogP contribution in [0.3, 0.4) is 0 Å². The van der Waals surface area contributed by atoms with Crippen LogP contribution in [0.5, 0.6) is 0 Å². The molecule has 0 spiro atoms. The summed E-state index contributed by atoms with van der Waals surface area (Å²) in [4.78, 5) is 14.0. The second-order valence-corrected chi connectivity index (χ2v) is 6.59. The van der Waals surface area contributed by atoms with Crippen molar-refractivity contribution in [3.8, 4) is 0 Å². The van der Waals surface area contributed by atoms with Gasteiger partial charge in [-0.25, -0.2) is 18.7 Å². The monoisotopic (exact) mass is 416 g/mol. The van der Waals surface area contributed by atoms with Gasteiger partial charge in [-0.15, -0.1) is 0 Å². The van der Waals surface area contributed by atoms with Gasteiger partial charge < -0.3 is 15.5 Å². The Kier molecular flexibility index (Phi) is 6.78. The summed E-state index contributed by atoms with van der Waals surface area (Å²) in [5.74, 6) is 0.373. The normalized spacial score (nSPS) is 16.8. The minimum atomic E-state index is -4.50. The van der Waals surface area contributed by atoms with Crippen LogP contribution < -0.4 is 15.5 Å². The van der Waals surface area contributed by atoms with Crippen LogP contribution in [0.4, 0.5) is 39.5 Å². The predicted molar refractivity (Wildman–Crippen MR) is 98.9 cm³/mol. The zero-order valence-electron chi connectivity index (χ0n) is 15.5. The molecule has 1 atom stereocenters. The van der Waals surface area contributed by atoms with Gasteiger partial charge in [0.25, 0.3) is 0 Å². The van der Waals surface area contributed by atoms with E-state index in [1.54, 1.807) is 6.07 Å². The molecule has 1 unspecified atom stereocenters. The molecule has 1 saturated heterocycles. The first-order chi connectivity index (χ1) is 13.9. The molecular formula is C18H21F5N6. The van der Waals surface area contributed by atoms with E-state index in [0.717, 1.165) is 31.3 Å². The van der Waals surface area contributed by atoms with Gasteiger partial charge in [-0.2, -0.15) is 18.2 Å². The van der Waals surface area contributed by atoms with E-state index in [-0.39, 0.29) is 36.6 Å². The van der Waals surface area contributed by atoms with Crippen LogP contribution in [-0.2, 0) is 6.18 Å². The molecule has 2 N–H and O–H groups in total. The molecule has 0 aromatic carbocycles. The van der Waals surface area contributed by atoms with Crippen LogP contribution in [0.15, 0.2) is 24.4 Å². The molecule has 29 heavy (non-hydrogen) atoms. The van der Waals surface area contributed by atoms with Crippen molar-refractivity contribution in [2.24, 2.45) is 0 Å². The standard InChI is InChI=1S/C18H21F5N6/c19-3-7-29(8-4-20)17-26-14(12-1-5-24-11-12)10-16(28-17)27-15-9-13(2-6-25-15)18(21,22)23/h2,6,9-10,12,24H,1,3-5,7-8,11H2,(H,25,26,27,28). The van der Waals surface area contributed by atoms with Crippen molar-refractivity contribution >= 4 is 17.6 Å². The number of anilines is 3. The Hall–Kier alpha value is -2.56. The molecule has 0 aliphatic carbocycles. The molecule has 0 saturated carbocycles. The molecule has 0 radical (unpaired) electrons. The van der Waals surface area contributed by atoms with Gasteiger partial charge in [0.05, 0.1) is 11.3 Å². The minimum absolute atomic E-state index is 0.0393. The summed E-state index contributed by atoms with van der Waals surface area (Å²) in [6.07, 6.45) is -2.63. The van der Waals surface area contributed by atoms with Gasteiger partial charge in [0, 0.05) is 37.8 Å². The third-order valence-corrected chi connectivity index (χ3v) is 4.55. The van der Waals surface area contributed by atoms with Gasteiger partial charge in [0.2, 0.25) is 5.95 Å². The van der Waals surface area contributed by atoms with Crippen LogP contribution >= 0.6 is 0 Å². The number of hydrogen-bond donors (Lipinski definition) is 2. The first-order valence-electron chi connectivity index (χ1n) is 9.17. The van der Waals surface area contributed by atoms with E-state index in [1.807, 2.05) is 0 Å². The van der Waals surface area contributed by atoms with E-state index in [4.69, 9.17) is 0 Å². The molecule has 6 nitrogen and oxygen atoms in total.